The van der Waals surface area contributed by atoms with Crippen molar-refractivity contribution in [2.75, 3.05) is 0 Å². The molecule has 0 heterocycles. The molecule has 1 unspecified atom stereocenters. The molecule has 14 heavy (non-hydrogen) atoms. The Morgan fingerprint density at radius 3 is 2.07 bits per heavy atom. The molecule has 0 N–H and O–H groups in total. The van der Waals surface area contributed by atoms with Crippen LogP contribution < -0.4 is 0 Å². The maximum atomic E-state index is 2.37. The minimum absolute atomic E-state index is 0.781. The summed E-state index contributed by atoms with van der Waals surface area (Å²) in [6.45, 7) is 11.5. The summed E-state index contributed by atoms with van der Waals surface area (Å²) in [5.74, 6) is 0.781. The molecule has 0 saturated carbocycles. The summed E-state index contributed by atoms with van der Waals surface area (Å²) in [5.41, 5.74) is 9.43. The zero-order valence-corrected chi connectivity index (χ0v) is 9.99. The van der Waals surface area contributed by atoms with Gasteiger partial charge in [0.2, 0.25) is 0 Å². The Labute approximate surface area is 87.3 Å². The van der Waals surface area contributed by atoms with E-state index in [1.165, 1.54) is 24.0 Å². The molecule has 1 aliphatic carbocycles. The maximum Gasteiger partial charge on any atom is -0.0182 e. The second-order valence-corrected chi connectivity index (χ2v) is 4.83. The Morgan fingerprint density at radius 1 is 0.857 bits per heavy atom. The fraction of sp³-hybridized carbons (Fsp3) is 0.571. The van der Waals surface area contributed by atoms with E-state index in [1.807, 2.05) is 0 Å². The van der Waals surface area contributed by atoms with Gasteiger partial charge in [0.25, 0.3) is 0 Å². The third-order valence-corrected chi connectivity index (χ3v) is 4.19. The van der Waals surface area contributed by atoms with Gasteiger partial charge >= 0.3 is 0 Å². The molecule has 0 saturated heterocycles. The van der Waals surface area contributed by atoms with Gasteiger partial charge in [0.15, 0.2) is 0 Å². The van der Waals surface area contributed by atoms with Crippen LogP contribution in [0.5, 0.6) is 0 Å². The van der Waals surface area contributed by atoms with Crippen LogP contribution in [-0.2, 0) is 6.42 Å². The van der Waals surface area contributed by atoms with Gasteiger partial charge < -0.3 is 0 Å². The average molecular weight is 188 g/mol. The van der Waals surface area contributed by atoms with E-state index in [0.29, 0.717) is 0 Å². The summed E-state index contributed by atoms with van der Waals surface area (Å²) >= 11 is 0. The zero-order chi connectivity index (χ0) is 10.5. The van der Waals surface area contributed by atoms with Crippen molar-refractivity contribution in [3.63, 3.8) is 0 Å². The lowest BCUT2D eigenvalue weighted by atomic mass is 9.88. The van der Waals surface area contributed by atoms with Gasteiger partial charge in [0.1, 0.15) is 0 Å². The van der Waals surface area contributed by atoms with Crippen molar-refractivity contribution in [1.29, 1.82) is 0 Å². The molecule has 1 aromatic rings. The molecular formula is C14H20. The van der Waals surface area contributed by atoms with Gasteiger partial charge in [-0.3, -0.25) is 0 Å². The number of benzene rings is 1. The Balaban J connectivity index is 2.77. The van der Waals surface area contributed by atoms with E-state index in [0.717, 1.165) is 5.92 Å². The van der Waals surface area contributed by atoms with Crippen LogP contribution in [0.15, 0.2) is 0 Å². The molecule has 0 radical (unpaired) electrons. The molecule has 0 bridgehead atoms. The first-order valence-electron chi connectivity index (χ1n) is 5.63. The van der Waals surface area contributed by atoms with Crippen LogP contribution in [0.4, 0.5) is 0 Å². The zero-order valence-electron chi connectivity index (χ0n) is 9.99. The maximum absolute atomic E-state index is 2.37. The fourth-order valence-electron chi connectivity index (χ4n) is 2.91. The Kier molecular flexibility index (Phi) is 2.17. The first kappa shape index (κ1) is 9.76. The van der Waals surface area contributed by atoms with Crippen molar-refractivity contribution in [3.8, 4) is 0 Å². The van der Waals surface area contributed by atoms with E-state index in [2.05, 4.69) is 34.6 Å². The summed E-state index contributed by atoms with van der Waals surface area (Å²) in [4.78, 5) is 0. The van der Waals surface area contributed by atoms with Crippen LogP contribution in [0.2, 0.25) is 0 Å². The van der Waals surface area contributed by atoms with Crippen molar-refractivity contribution in [1.82, 2.24) is 0 Å². The SMILES string of the molecule is Cc1c(C)c(C)c2c(c1C)CCC2C. The van der Waals surface area contributed by atoms with Crippen molar-refractivity contribution in [2.45, 2.75) is 53.4 Å². The van der Waals surface area contributed by atoms with E-state index in [1.54, 1.807) is 22.3 Å². The molecule has 0 fully saturated rings. The third-order valence-electron chi connectivity index (χ3n) is 4.19. The van der Waals surface area contributed by atoms with E-state index in [-0.39, 0.29) is 0 Å². The van der Waals surface area contributed by atoms with E-state index in [4.69, 9.17) is 0 Å². The van der Waals surface area contributed by atoms with Gasteiger partial charge in [-0.25, -0.2) is 0 Å². The molecule has 0 aromatic heterocycles. The van der Waals surface area contributed by atoms with E-state index >= 15 is 0 Å². The largest absolute Gasteiger partial charge is 0.0584 e. The monoisotopic (exact) mass is 188 g/mol. The highest BCUT2D eigenvalue weighted by Gasteiger charge is 2.24. The van der Waals surface area contributed by atoms with Gasteiger partial charge in [-0.05, 0) is 79.8 Å². The molecule has 0 aliphatic heterocycles. The van der Waals surface area contributed by atoms with Crippen LogP contribution in [0.1, 0.15) is 52.6 Å². The molecule has 1 aliphatic rings. The Bertz CT molecular complexity index is 386. The van der Waals surface area contributed by atoms with Crippen molar-refractivity contribution in [2.24, 2.45) is 0 Å². The predicted octanol–water partition coefficient (Wildman–Crippen LogP) is 3.97. The molecular weight excluding hydrogens is 168 g/mol. The fourth-order valence-corrected chi connectivity index (χ4v) is 2.91. The number of hydrogen-bond donors (Lipinski definition) is 0. The topological polar surface area (TPSA) is 0 Å². The highest BCUT2D eigenvalue weighted by atomic mass is 14.3. The van der Waals surface area contributed by atoms with Crippen LogP contribution in [0, 0.1) is 27.7 Å². The first-order valence-corrected chi connectivity index (χ1v) is 5.63. The first-order chi connectivity index (χ1) is 6.54. The molecule has 0 spiro atoms. The summed E-state index contributed by atoms with van der Waals surface area (Å²) in [6.07, 6.45) is 2.64. The summed E-state index contributed by atoms with van der Waals surface area (Å²) < 4.78 is 0. The van der Waals surface area contributed by atoms with Crippen LogP contribution >= 0.6 is 0 Å². The molecule has 1 atom stereocenters. The van der Waals surface area contributed by atoms with Crippen molar-refractivity contribution < 1.29 is 0 Å². The van der Waals surface area contributed by atoms with E-state index < -0.39 is 0 Å². The standard InChI is InChI=1S/C14H20/c1-8-6-7-13-11(4)9(2)10(3)12(5)14(8)13/h8H,6-7H2,1-5H3. The number of fused-ring (bicyclic) bond motifs is 1. The average Bonchev–Trinajstić information content (AvgIpc) is 2.54. The normalized spacial score (nSPS) is 19.9. The minimum atomic E-state index is 0.781. The summed E-state index contributed by atoms with van der Waals surface area (Å²) in [6, 6.07) is 0. The third kappa shape index (κ3) is 1.13. The molecule has 0 nitrogen and oxygen atoms in total. The molecule has 0 amide bonds. The summed E-state index contributed by atoms with van der Waals surface area (Å²) in [5, 5.41) is 0. The summed E-state index contributed by atoms with van der Waals surface area (Å²) in [7, 11) is 0. The molecule has 2 rings (SSSR count). The van der Waals surface area contributed by atoms with Crippen LogP contribution in [0.3, 0.4) is 0 Å². The van der Waals surface area contributed by atoms with Gasteiger partial charge in [0, 0.05) is 0 Å². The molecule has 1 aromatic carbocycles. The lowest BCUT2D eigenvalue weighted by Crippen LogP contribution is -2.01. The smallest absolute Gasteiger partial charge is 0.0182 e. The van der Waals surface area contributed by atoms with Gasteiger partial charge in [-0.15, -0.1) is 0 Å². The molecule has 0 heteroatoms. The highest BCUT2D eigenvalue weighted by Crippen LogP contribution is 2.39. The predicted molar refractivity (Wildman–Crippen MR) is 62.1 cm³/mol. The second-order valence-electron chi connectivity index (χ2n) is 4.83. The highest BCUT2D eigenvalue weighted by molar-refractivity contribution is 5.53. The number of rotatable bonds is 0. The lowest BCUT2D eigenvalue weighted by Gasteiger charge is -2.17. The molecule has 76 valence electrons. The van der Waals surface area contributed by atoms with Gasteiger partial charge in [-0.1, -0.05) is 6.92 Å². The van der Waals surface area contributed by atoms with Gasteiger partial charge in [0.05, 0.1) is 0 Å². The van der Waals surface area contributed by atoms with E-state index in [9.17, 15) is 0 Å². The van der Waals surface area contributed by atoms with Gasteiger partial charge in [-0.2, -0.15) is 0 Å². The quantitative estimate of drug-likeness (QED) is 0.578. The van der Waals surface area contributed by atoms with Crippen LogP contribution in [-0.4, -0.2) is 0 Å². The van der Waals surface area contributed by atoms with Crippen molar-refractivity contribution >= 4 is 0 Å². The second kappa shape index (κ2) is 3.12. The van der Waals surface area contributed by atoms with Crippen LogP contribution in [0.25, 0.3) is 0 Å². The number of hydrogen-bond acceptors (Lipinski definition) is 0. The minimum Gasteiger partial charge on any atom is -0.0584 e. The lowest BCUT2D eigenvalue weighted by molar-refractivity contribution is 0.743. The van der Waals surface area contributed by atoms with Crippen molar-refractivity contribution in [3.05, 3.63) is 33.4 Å². The Morgan fingerprint density at radius 2 is 1.43 bits per heavy atom. The Hall–Kier alpha value is -0.780.